The third-order valence-electron chi connectivity index (χ3n) is 3.23. The van der Waals surface area contributed by atoms with Gasteiger partial charge < -0.3 is 14.8 Å². The quantitative estimate of drug-likeness (QED) is 0.586. The largest absolute Gasteiger partial charge is 0.497 e. The molecular formula is C13H17NO7S. The Morgan fingerprint density at radius 2 is 1.86 bits per heavy atom. The zero-order valence-corrected chi connectivity index (χ0v) is 13.4. The summed E-state index contributed by atoms with van der Waals surface area (Å²) in [6.45, 7) is 2.42. The van der Waals surface area contributed by atoms with Gasteiger partial charge in [0.2, 0.25) is 5.60 Å². The normalized spacial score (nSPS) is 14.0. The summed E-state index contributed by atoms with van der Waals surface area (Å²) in [5.74, 6) is -1.25. The first-order valence-electron chi connectivity index (χ1n) is 6.09. The summed E-state index contributed by atoms with van der Waals surface area (Å²) in [6, 6.07) is 3.67. The van der Waals surface area contributed by atoms with Crippen LogP contribution in [0.4, 0.5) is 5.69 Å². The number of anilines is 1. The SMILES string of the molecule is COc1ccc(NC(=O)C(C)(OC)C(C)=O)c(S(=O)(=O)O)c1. The van der Waals surface area contributed by atoms with Crippen LogP contribution >= 0.6 is 0 Å². The van der Waals surface area contributed by atoms with E-state index in [-0.39, 0.29) is 11.4 Å². The van der Waals surface area contributed by atoms with Crippen molar-refractivity contribution in [3.05, 3.63) is 18.2 Å². The molecule has 1 unspecified atom stereocenters. The maximum Gasteiger partial charge on any atom is 0.296 e. The van der Waals surface area contributed by atoms with Crippen molar-refractivity contribution in [3.63, 3.8) is 0 Å². The summed E-state index contributed by atoms with van der Waals surface area (Å²) in [5, 5.41) is 2.26. The Kier molecular flexibility index (Phi) is 5.28. The van der Waals surface area contributed by atoms with Crippen LogP contribution in [0.5, 0.6) is 5.75 Å². The number of hydrogen-bond donors (Lipinski definition) is 2. The Morgan fingerprint density at radius 3 is 2.27 bits per heavy atom. The van der Waals surface area contributed by atoms with Crippen LogP contribution in [0.1, 0.15) is 13.8 Å². The van der Waals surface area contributed by atoms with Crippen LogP contribution in [-0.2, 0) is 24.4 Å². The van der Waals surface area contributed by atoms with Crippen LogP contribution in [0, 0.1) is 0 Å². The fraction of sp³-hybridized carbons (Fsp3) is 0.385. The summed E-state index contributed by atoms with van der Waals surface area (Å²) in [7, 11) is -2.11. The van der Waals surface area contributed by atoms with Crippen molar-refractivity contribution in [1.29, 1.82) is 0 Å². The standard InChI is InChI=1S/C13H17NO7S/c1-8(15)13(2,21-4)12(16)14-10-6-5-9(20-3)7-11(10)22(17,18)19/h5-7H,1-4H3,(H,14,16)(H,17,18,19). The number of carbonyl (C=O) groups excluding carboxylic acids is 2. The second kappa shape index (κ2) is 6.42. The minimum atomic E-state index is -4.60. The third-order valence-corrected chi connectivity index (χ3v) is 4.12. The molecule has 0 aromatic heterocycles. The lowest BCUT2D eigenvalue weighted by Gasteiger charge is -2.24. The number of benzene rings is 1. The molecule has 1 atom stereocenters. The molecule has 0 aliphatic heterocycles. The second-order valence-electron chi connectivity index (χ2n) is 4.58. The van der Waals surface area contributed by atoms with Gasteiger partial charge in [0.25, 0.3) is 16.0 Å². The summed E-state index contributed by atoms with van der Waals surface area (Å²) in [6.07, 6.45) is 0. The number of Topliss-reactive ketones (excluding diaryl/α,β-unsaturated/α-hetero) is 1. The number of methoxy groups -OCH3 is 2. The predicted octanol–water partition coefficient (Wildman–Crippen LogP) is 0.874. The molecule has 2 N–H and O–H groups in total. The van der Waals surface area contributed by atoms with E-state index < -0.39 is 32.3 Å². The molecular weight excluding hydrogens is 314 g/mol. The molecule has 0 radical (unpaired) electrons. The molecule has 0 bridgehead atoms. The molecule has 0 aliphatic carbocycles. The Balaban J connectivity index is 3.29. The topological polar surface area (TPSA) is 119 Å². The van der Waals surface area contributed by atoms with Crippen LogP contribution in [0.25, 0.3) is 0 Å². The molecule has 0 aliphatic rings. The molecule has 1 amide bonds. The first-order chi connectivity index (χ1) is 10.1. The molecule has 122 valence electrons. The molecule has 1 aromatic rings. The van der Waals surface area contributed by atoms with E-state index in [0.717, 1.165) is 6.07 Å². The molecule has 22 heavy (non-hydrogen) atoms. The molecule has 0 saturated heterocycles. The molecule has 9 heteroatoms. The molecule has 0 heterocycles. The lowest BCUT2D eigenvalue weighted by Crippen LogP contribution is -2.47. The number of ether oxygens (including phenoxy) is 2. The zero-order chi connectivity index (χ0) is 17.1. The van der Waals surface area contributed by atoms with Crippen molar-refractivity contribution in [2.75, 3.05) is 19.5 Å². The Hall–Kier alpha value is -1.97. The van der Waals surface area contributed by atoms with Crippen LogP contribution in [0.15, 0.2) is 23.1 Å². The van der Waals surface area contributed by atoms with Crippen LogP contribution in [0.3, 0.4) is 0 Å². The third kappa shape index (κ3) is 3.62. The maximum absolute atomic E-state index is 12.2. The second-order valence-corrected chi connectivity index (χ2v) is 5.97. The van der Waals surface area contributed by atoms with E-state index in [2.05, 4.69) is 5.32 Å². The first-order valence-corrected chi connectivity index (χ1v) is 7.53. The van der Waals surface area contributed by atoms with Gasteiger partial charge in [-0.3, -0.25) is 14.1 Å². The van der Waals surface area contributed by atoms with Crippen LogP contribution in [0.2, 0.25) is 0 Å². The average Bonchev–Trinajstić information content (AvgIpc) is 2.45. The highest BCUT2D eigenvalue weighted by Gasteiger charge is 2.39. The lowest BCUT2D eigenvalue weighted by molar-refractivity contribution is -0.149. The van der Waals surface area contributed by atoms with Gasteiger partial charge in [-0.25, -0.2) is 0 Å². The van der Waals surface area contributed by atoms with Crippen molar-refractivity contribution < 1.29 is 32.0 Å². The minimum Gasteiger partial charge on any atom is -0.497 e. The highest BCUT2D eigenvalue weighted by atomic mass is 32.2. The monoisotopic (exact) mass is 331 g/mol. The Labute approximate surface area is 128 Å². The van der Waals surface area contributed by atoms with Crippen molar-refractivity contribution in [1.82, 2.24) is 0 Å². The van der Waals surface area contributed by atoms with Crippen molar-refractivity contribution in [2.45, 2.75) is 24.3 Å². The van der Waals surface area contributed by atoms with Gasteiger partial charge in [-0.05, 0) is 26.0 Å². The Bertz CT molecular complexity index is 698. The number of nitrogens with one attached hydrogen (secondary N) is 1. The van der Waals surface area contributed by atoms with Crippen LogP contribution in [-0.4, -0.2) is 44.5 Å². The molecule has 1 rings (SSSR count). The summed E-state index contributed by atoms with van der Waals surface area (Å²) in [4.78, 5) is 23.2. The van der Waals surface area contributed by atoms with Crippen molar-refractivity contribution >= 4 is 27.5 Å². The highest BCUT2D eigenvalue weighted by Crippen LogP contribution is 2.27. The summed E-state index contributed by atoms with van der Waals surface area (Å²) >= 11 is 0. The van der Waals surface area contributed by atoms with Gasteiger partial charge in [0.1, 0.15) is 10.6 Å². The maximum atomic E-state index is 12.2. The molecule has 0 fully saturated rings. The first kappa shape index (κ1) is 18.1. The average molecular weight is 331 g/mol. The number of rotatable bonds is 6. The molecule has 0 saturated carbocycles. The number of hydrogen-bond acceptors (Lipinski definition) is 6. The highest BCUT2D eigenvalue weighted by molar-refractivity contribution is 7.86. The minimum absolute atomic E-state index is 0.173. The van der Waals surface area contributed by atoms with Gasteiger partial charge in [0.05, 0.1) is 12.8 Å². The summed E-state index contributed by atoms with van der Waals surface area (Å²) in [5.41, 5.74) is -1.98. The van der Waals surface area contributed by atoms with E-state index in [1.54, 1.807) is 0 Å². The van der Waals surface area contributed by atoms with Gasteiger partial charge in [-0.1, -0.05) is 0 Å². The number of carbonyl (C=O) groups is 2. The smallest absolute Gasteiger partial charge is 0.296 e. The van der Waals surface area contributed by atoms with Crippen molar-refractivity contribution in [2.24, 2.45) is 0 Å². The fourth-order valence-corrected chi connectivity index (χ4v) is 2.25. The van der Waals surface area contributed by atoms with Crippen LogP contribution < -0.4 is 10.1 Å². The van der Waals surface area contributed by atoms with E-state index in [0.29, 0.717) is 0 Å². The van der Waals surface area contributed by atoms with Gasteiger partial charge >= 0.3 is 0 Å². The lowest BCUT2D eigenvalue weighted by atomic mass is 10.0. The predicted molar refractivity (Wildman–Crippen MR) is 77.5 cm³/mol. The van der Waals surface area contributed by atoms with Gasteiger partial charge in [0.15, 0.2) is 5.78 Å². The molecule has 0 spiro atoms. The van der Waals surface area contributed by atoms with E-state index >= 15 is 0 Å². The van der Waals surface area contributed by atoms with Crippen molar-refractivity contribution in [3.8, 4) is 5.75 Å². The fourth-order valence-electron chi connectivity index (χ4n) is 1.58. The van der Waals surface area contributed by atoms with E-state index in [4.69, 9.17) is 9.47 Å². The Morgan fingerprint density at radius 1 is 1.27 bits per heavy atom. The summed E-state index contributed by atoms with van der Waals surface area (Å²) < 4.78 is 41.8. The van der Waals surface area contributed by atoms with E-state index in [1.807, 2.05) is 0 Å². The molecule has 1 aromatic carbocycles. The van der Waals surface area contributed by atoms with E-state index in [9.17, 15) is 22.6 Å². The van der Waals surface area contributed by atoms with Gasteiger partial charge in [0, 0.05) is 13.2 Å². The number of ketones is 1. The van der Waals surface area contributed by atoms with E-state index in [1.165, 1.54) is 40.2 Å². The molecule has 8 nitrogen and oxygen atoms in total. The zero-order valence-electron chi connectivity index (χ0n) is 12.5. The number of amides is 1. The van der Waals surface area contributed by atoms with Gasteiger partial charge in [-0.2, -0.15) is 8.42 Å². The van der Waals surface area contributed by atoms with Gasteiger partial charge in [-0.15, -0.1) is 0 Å².